The highest BCUT2D eigenvalue weighted by Crippen LogP contribution is 2.26. The summed E-state index contributed by atoms with van der Waals surface area (Å²) in [5.41, 5.74) is 4.06. The monoisotopic (exact) mass is 273 g/mol. The predicted octanol–water partition coefficient (Wildman–Crippen LogP) is 5.17. The van der Waals surface area contributed by atoms with Gasteiger partial charge in [-0.15, -0.1) is 11.3 Å². The molecule has 19 heavy (non-hydrogen) atoms. The number of nitrogens with one attached hydrogen (secondary N) is 1. The highest BCUT2D eigenvalue weighted by atomic mass is 32.1. The van der Waals surface area contributed by atoms with Gasteiger partial charge in [-0.05, 0) is 44.2 Å². The Morgan fingerprint density at radius 3 is 2.37 bits per heavy atom. The maximum atomic E-state index is 3.75. The van der Waals surface area contributed by atoms with Crippen LogP contribution < -0.4 is 5.32 Å². The van der Waals surface area contributed by atoms with Crippen molar-refractivity contribution in [1.82, 2.24) is 5.32 Å². The Labute approximate surface area is 120 Å². The van der Waals surface area contributed by atoms with Gasteiger partial charge >= 0.3 is 0 Å². The van der Waals surface area contributed by atoms with E-state index in [1.54, 1.807) is 0 Å². The Morgan fingerprint density at radius 1 is 1.16 bits per heavy atom. The van der Waals surface area contributed by atoms with Crippen molar-refractivity contribution in [2.75, 3.05) is 0 Å². The molecule has 0 fully saturated rings. The van der Waals surface area contributed by atoms with Crippen LogP contribution in [0.4, 0.5) is 0 Å². The molecule has 0 aliphatic heterocycles. The van der Waals surface area contributed by atoms with Crippen molar-refractivity contribution >= 4 is 11.3 Å². The van der Waals surface area contributed by atoms with Gasteiger partial charge in [0.2, 0.25) is 0 Å². The van der Waals surface area contributed by atoms with E-state index in [1.165, 1.54) is 21.6 Å². The van der Waals surface area contributed by atoms with E-state index in [0.717, 1.165) is 6.42 Å². The topological polar surface area (TPSA) is 12.0 Å². The molecule has 1 heterocycles. The minimum atomic E-state index is 0.380. The summed E-state index contributed by atoms with van der Waals surface area (Å²) in [6.45, 7) is 8.83. The zero-order valence-electron chi connectivity index (χ0n) is 12.2. The van der Waals surface area contributed by atoms with Gasteiger partial charge in [0, 0.05) is 17.0 Å². The van der Waals surface area contributed by atoms with Crippen LogP contribution in [-0.4, -0.2) is 0 Å². The number of hydrogen-bond donors (Lipinski definition) is 1. The van der Waals surface area contributed by atoms with Gasteiger partial charge in [-0.25, -0.2) is 0 Å². The SMILES string of the molecule is CCC(NC(C)c1cc(C)cc(C)c1)c1cccs1. The summed E-state index contributed by atoms with van der Waals surface area (Å²) < 4.78 is 0. The molecule has 0 bridgehead atoms. The molecule has 1 aromatic heterocycles. The van der Waals surface area contributed by atoms with Crippen LogP contribution in [0.1, 0.15) is 53.9 Å². The molecule has 0 aliphatic rings. The van der Waals surface area contributed by atoms with Crippen LogP contribution in [0.3, 0.4) is 0 Å². The molecule has 1 aromatic carbocycles. The molecule has 0 saturated heterocycles. The van der Waals surface area contributed by atoms with Crippen molar-refractivity contribution in [3.05, 3.63) is 57.3 Å². The van der Waals surface area contributed by atoms with Crippen LogP contribution in [0, 0.1) is 13.8 Å². The summed E-state index contributed by atoms with van der Waals surface area (Å²) in [5, 5.41) is 5.90. The Morgan fingerprint density at radius 2 is 1.84 bits per heavy atom. The van der Waals surface area contributed by atoms with Gasteiger partial charge < -0.3 is 5.32 Å². The lowest BCUT2D eigenvalue weighted by atomic mass is 10.0. The fourth-order valence-electron chi connectivity index (χ4n) is 2.55. The second kappa shape index (κ2) is 6.36. The van der Waals surface area contributed by atoms with Gasteiger partial charge in [0.15, 0.2) is 0 Å². The van der Waals surface area contributed by atoms with Crippen LogP contribution in [0.5, 0.6) is 0 Å². The quantitative estimate of drug-likeness (QED) is 0.792. The molecule has 2 atom stereocenters. The van der Waals surface area contributed by atoms with Crippen LogP contribution in [0.15, 0.2) is 35.7 Å². The molecule has 0 radical (unpaired) electrons. The van der Waals surface area contributed by atoms with E-state index < -0.39 is 0 Å². The number of thiophene rings is 1. The molecule has 0 spiro atoms. The molecule has 0 amide bonds. The van der Waals surface area contributed by atoms with E-state index in [4.69, 9.17) is 0 Å². The summed E-state index contributed by atoms with van der Waals surface area (Å²) in [4.78, 5) is 1.43. The van der Waals surface area contributed by atoms with Gasteiger partial charge in [0.25, 0.3) is 0 Å². The molecule has 2 unspecified atom stereocenters. The first kappa shape index (κ1) is 14.3. The summed E-state index contributed by atoms with van der Waals surface area (Å²) in [5.74, 6) is 0. The molecular formula is C17H23NS. The zero-order chi connectivity index (χ0) is 13.8. The van der Waals surface area contributed by atoms with Crippen molar-refractivity contribution in [3.63, 3.8) is 0 Å². The average molecular weight is 273 g/mol. The number of rotatable bonds is 5. The van der Waals surface area contributed by atoms with E-state index in [0.29, 0.717) is 12.1 Å². The molecule has 0 saturated carbocycles. The third kappa shape index (κ3) is 3.68. The number of aryl methyl sites for hydroxylation is 2. The van der Waals surface area contributed by atoms with Crippen LogP contribution in [-0.2, 0) is 0 Å². The zero-order valence-corrected chi connectivity index (χ0v) is 13.1. The van der Waals surface area contributed by atoms with Crippen molar-refractivity contribution in [2.24, 2.45) is 0 Å². The summed E-state index contributed by atoms with van der Waals surface area (Å²) in [7, 11) is 0. The van der Waals surface area contributed by atoms with Gasteiger partial charge in [-0.2, -0.15) is 0 Å². The Hall–Kier alpha value is -1.12. The third-order valence-corrected chi connectivity index (χ3v) is 4.48. The third-order valence-electron chi connectivity index (χ3n) is 3.49. The van der Waals surface area contributed by atoms with E-state index in [-0.39, 0.29) is 0 Å². The van der Waals surface area contributed by atoms with Gasteiger partial charge in [0.1, 0.15) is 0 Å². The summed E-state index contributed by atoms with van der Waals surface area (Å²) in [6.07, 6.45) is 1.12. The molecule has 0 aliphatic carbocycles. The van der Waals surface area contributed by atoms with Crippen molar-refractivity contribution in [2.45, 2.75) is 46.2 Å². The first-order valence-electron chi connectivity index (χ1n) is 6.97. The lowest BCUT2D eigenvalue weighted by Gasteiger charge is -2.22. The standard InChI is InChI=1S/C17H23NS/c1-5-16(17-7-6-8-19-17)18-14(4)15-10-12(2)9-13(3)11-15/h6-11,14,16,18H,5H2,1-4H3. The minimum Gasteiger partial charge on any atom is -0.303 e. The van der Waals surface area contributed by atoms with Crippen molar-refractivity contribution in [3.8, 4) is 0 Å². The number of benzene rings is 1. The molecule has 102 valence electrons. The van der Waals surface area contributed by atoms with Crippen molar-refractivity contribution < 1.29 is 0 Å². The van der Waals surface area contributed by atoms with E-state index in [2.05, 4.69) is 68.7 Å². The maximum Gasteiger partial charge on any atom is 0.0416 e. The Bertz CT molecular complexity index is 496. The summed E-state index contributed by atoms with van der Waals surface area (Å²) in [6, 6.07) is 12.0. The molecule has 2 heteroatoms. The van der Waals surface area contributed by atoms with Crippen LogP contribution in [0.25, 0.3) is 0 Å². The van der Waals surface area contributed by atoms with Gasteiger partial charge in [-0.1, -0.05) is 42.3 Å². The smallest absolute Gasteiger partial charge is 0.0416 e. The Balaban J connectivity index is 2.13. The second-order valence-corrected chi connectivity index (χ2v) is 6.26. The largest absolute Gasteiger partial charge is 0.303 e. The highest BCUT2D eigenvalue weighted by Gasteiger charge is 2.14. The first-order valence-corrected chi connectivity index (χ1v) is 7.85. The lowest BCUT2D eigenvalue weighted by Crippen LogP contribution is -2.23. The normalized spacial score (nSPS) is 14.3. The second-order valence-electron chi connectivity index (χ2n) is 5.29. The summed E-state index contributed by atoms with van der Waals surface area (Å²) >= 11 is 1.84. The number of hydrogen-bond acceptors (Lipinski definition) is 2. The van der Waals surface area contributed by atoms with E-state index in [9.17, 15) is 0 Å². The van der Waals surface area contributed by atoms with Crippen LogP contribution >= 0.6 is 11.3 Å². The van der Waals surface area contributed by atoms with E-state index >= 15 is 0 Å². The first-order chi connectivity index (χ1) is 9.10. The van der Waals surface area contributed by atoms with Gasteiger partial charge in [0.05, 0.1) is 0 Å². The predicted molar refractivity (Wildman–Crippen MR) is 84.8 cm³/mol. The maximum absolute atomic E-state index is 3.75. The molecule has 1 nitrogen and oxygen atoms in total. The fraction of sp³-hybridized carbons (Fsp3) is 0.412. The Kier molecular flexibility index (Phi) is 4.78. The van der Waals surface area contributed by atoms with Crippen molar-refractivity contribution in [1.29, 1.82) is 0 Å². The van der Waals surface area contributed by atoms with Gasteiger partial charge in [-0.3, -0.25) is 0 Å². The highest BCUT2D eigenvalue weighted by molar-refractivity contribution is 7.10. The fourth-order valence-corrected chi connectivity index (χ4v) is 3.42. The lowest BCUT2D eigenvalue weighted by molar-refractivity contribution is 0.461. The van der Waals surface area contributed by atoms with Crippen LogP contribution in [0.2, 0.25) is 0 Å². The van der Waals surface area contributed by atoms with E-state index in [1.807, 2.05) is 11.3 Å². The minimum absolute atomic E-state index is 0.380. The molecular weight excluding hydrogens is 250 g/mol. The molecule has 2 rings (SSSR count). The molecule has 1 N–H and O–H groups in total. The molecule has 2 aromatic rings. The average Bonchev–Trinajstić information content (AvgIpc) is 2.88.